The highest BCUT2D eigenvalue weighted by atomic mass is 16.3. The van der Waals surface area contributed by atoms with Gasteiger partial charge in [0.25, 0.3) is 0 Å². The monoisotopic (exact) mass is 233 g/mol. The van der Waals surface area contributed by atoms with Gasteiger partial charge >= 0.3 is 0 Å². The molecule has 0 rings (SSSR count). The summed E-state index contributed by atoms with van der Waals surface area (Å²) in [6.07, 6.45) is 4.61. The van der Waals surface area contributed by atoms with Crippen LogP contribution in [0, 0.1) is 5.92 Å². The number of aliphatic hydroxyl groups excluding tert-OH is 3. The van der Waals surface area contributed by atoms with Crippen molar-refractivity contribution in [3.63, 3.8) is 0 Å². The molecule has 0 aromatic heterocycles. The van der Waals surface area contributed by atoms with E-state index in [0.717, 1.165) is 19.4 Å². The minimum Gasteiger partial charge on any atom is -0.394 e. The van der Waals surface area contributed by atoms with Crippen LogP contribution in [0.4, 0.5) is 0 Å². The Kier molecular flexibility index (Phi) is 8.84. The molecule has 1 unspecified atom stereocenters. The van der Waals surface area contributed by atoms with E-state index in [0.29, 0.717) is 5.92 Å². The maximum atomic E-state index is 9.16. The topological polar surface area (TPSA) is 72.7 Å². The molecule has 0 saturated carbocycles. The molecule has 0 spiro atoms. The van der Waals surface area contributed by atoms with Crippen LogP contribution in [-0.4, -0.2) is 47.2 Å². The minimum absolute atomic E-state index is 0.246. The van der Waals surface area contributed by atoms with E-state index in [1.807, 2.05) is 0 Å². The molecule has 0 aliphatic carbocycles. The predicted molar refractivity (Wildman–Crippen MR) is 65.3 cm³/mol. The first kappa shape index (κ1) is 15.8. The fourth-order valence-corrected chi connectivity index (χ4v) is 1.62. The first-order valence-electron chi connectivity index (χ1n) is 6.25. The molecule has 4 heteroatoms. The van der Waals surface area contributed by atoms with Crippen LogP contribution in [0.3, 0.4) is 0 Å². The number of rotatable bonds is 10. The number of hydrogen-bond acceptors (Lipinski definition) is 4. The molecule has 0 aliphatic rings. The van der Waals surface area contributed by atoms with E-state index < -0.39 is 5.54 Å². The van der Waals surface area contributed by atoms with Crippen LogP contribution in [0.2, 0.25) is 0 Å². The SMILES string of the molecule is CCCCC(CC)CNC(CO)(CO)CO. The lowest BCUT2D eigenvalue weighted by Gasteiger charge is -2.31. The second kappa shape index (κ2) is 8.93. The minimum atomic E-state index is -0.931. The zero-order valence-corrected chi connectivity index (χ0v) is 10.6. The van der Waals surface area contributed by atoms with Gasteiger partial charge in [-0.25, -0.2) is 0 Å². The first-order valence-corrected chi connectivity index (χ1v) is 6.25. The van der Waals surface area contributed by atoms with Gasteiger partial charge in [-0.05, 0) is 18.9 Å². The Bertz CT molecular complexity index is 152. The van der Waals surface area contributed by atoms with Crippen molar-refractivity contribution in [1.82, 2.24) is 5.32 Å². The summed E-state index contributed by atoms with van der Waals surface area (Å²) in [4.78, 5) is 0. The Morgan fingerprint density at radius 2 is 1.62 bits per heavy atom. The maximum Gasteiger partial charge on any atom is 0.0881 e. The van der Waals surface area contributed by atoms with E-state index in [1.54, 1.807) is 0 Å². The first-order chi connectivity index (χ1) is 7.67. The molecule has 0 aromatic rings. The Morgan fingerprint density at radius 1 is 1.06 bits per heavy atom. The predicted octanol–water partition coefficient (Wildman–Crippen LogP) is 0.508. The maximum absolute atomic E-state index is 9.16. The second-order valence-corrected chi connectivity index (χ2v) is 4.55. The van der Waals surface area contributed by atoms with Crippen molar-refractivity contribution in [1.29, 1.82) is 0 Å². The lowest BCUT2D eigenvalue weighted by atomic mass is 9.96. The van der Waals surface area contributed by atoms with E-state index in [9.17, 15) is 0 Å². The molecular weight excluding hydrogens is 206 g/mol. The molecule has 0 aliphatic heterocycles. The number of unbranched alkanes of at least 4 members (excludes halogenated alkanes) is 1. The smallest absolute Gasteiger partial charge is 0.0881 e. The van der Waals surface area contributed by atoms with Crippen molar-refractivity contribution in [3.8, 4) is 0 Å². The van der Waals surface area contributed by atoms with Gasteiger partial charge in [-0.3, -0.25) is 0 Å². The van der Waals surface area contributed by atoms with Crippen molar-refractivity contribution in [2.45, 2.75) is 45.1 Å². The van der Waals surface area contributed by atoms with Gasteiger partial charge in [0.15, 0.2) is 0 Å². The second-order valence-electron chi connectivity index (χ2n) is 4.55. The summed E-state index contributed by atoms with van der Waals surface area (Å²) in [5.41, 5.74) is -0.931. The zero-order chi connectivity index (χ0) is 12.4. The van der Waals surface area contributed by atoms with Gasteiger partial charge in [-0.2, -0.15) is 0 Å². The lowest BCUT2D eigenvalue weighted by molar-refractivity contribution is 0.0394. The Labute approximate surface area is 98.7 Å². The van der Waals surface area contributed by atoms with E-state index >= 15 is 0 Å². The van der Waals surface area contributed by atoms with Crippen LogP contribution >= 0.6 is 0 Å². The molecule has 0 bridgehead atoms. The van der Waals surface area contributed by atoms with E-state index in [1.165, 1.54) is 12.8 Å². The number of aliphatic hydroxyl groups is 3. The van der Waals surface area contributed by atoms with Crippen molar-refractivity contribution >= 4 is 0 Å². The molecule has 4 N–H and O–H groups in total. The molecule has 0 fully saturated rings. The summed E-state index contributed by atoms with van der Waals surface area (Å²) in [5, 5.41) is 30.6. The zero-order valence-electron chi connectivity index (χ0n) is 10.6. The van der Waals surface area contributed by atoms with Crippen LogP contribution < -0.4 is 5.32 Å². The van der Waals surface area contributed by atoms with Crippen LogP contribution in [0.1, 0.15) is 39.5 Å². The molecule has 0 saturated heterocycles. The summed E-state index contributed by atoms with van der Waals surface area (Å²) < 4.78 is 0. The summed E-state index contributed by atoms with van der Waals surface area (Å²) in [7, 11) is 0. The number of nitrogens with one attached hydrogen (secondary N) is 1. The average molecular weight is 233 g/mol. The molecule has 1 atom stereocenters. The highest BCUT2D eigenvalue weighted by molar-refractivity contribution is 4.86. The average Bonchev–Trinajstić information content (AvgIpc) is 2.35. The fourth-order valence-electron chi connectivity index (χ4n) is 1.62. The quantitative estimate of drug-likeness (QED) is 0.443. The molecule has 0 amide bonds. The standard InChI is InChI=1S/C12H27NO3/c1-3-5-6-11(4-2)7-13-12(8-14,9-15)10-16/h11,13-16H,3-10H2,1-2H3. The van der Waals surface area contributed by atoms with Crippen LogP contribution in [-0.2, 0) is 0 Å². The highest BCUT2D eigenvalue weighted by Crippen LogP contribution is 2.13. The van der Waals surface area contributed by atoms with E-state index in [-0.39, 0.29) is 19.8 Å². The van der Waals surface area contributed by atoms with Crippen LogP contribution in [0.5, 0.6) is 0 Å². The lowest BCUT2D eigenvalue weighted by Crippen LogP contribution is -2.56. The van der Waals surface area contributed by atoms with Crippen LogP contribution in [0.25, 0.3) is 0 Å². The van der Waals surface area contributed by atoms with Crippen molar-refractivity contribution in [2.24, 2.45) is 5.92 Å². The van der Waals surface area contributed by atoms with Gasteiger partial charge in [-0.1, -0.05) is 33.1 Å². The molecule has 16 heavy (non-hydrogen) atoms. The molecule has 0 radical (unpaired) electrons. The third kappa shape index (κ3) is 5.25. The summed E-state index contributed by atoms with van der Waals surface area (Å²) in [6.45, 7) is 4.30. The summed E-state index contributed by atoms with van der Waals surface area (Å²) in [5.74, 6) is 0.545. The Morgan fingerprint density at radius 3 is 2.00 bits per heavy atom. The fraction of sp³-hybridized carbons (Fsp3) is 1.00. The van der Waals surface area contributed by atoms with E-state index in [2.05, 4.69) is 19.2 Å². The molecule has 4 nitrogen and oxygen atoms in total. The van der Waals surface area contributed by atoms with Gasteiger partial charge in [-0.15, -0.1) is 0 Å². The molecule has 0 heterocycles. The Hall–Kier alpha value is -0.160. The normalized spacial score (nSPS) is 14.1. The van der Waals surface area contributed by atoms with Crippen molar-refractivity contribution in [2.75, 3.05) is 26.4 Å². The highest BCUT2D eigenvalue weighted by Gasteiger charge is 2.27. The molecule has 98 valence electrons. The largest absolute Gasteiger partial charge is 0.394 e. The van der Waals surface area contributed by atoms with Gasteiger partial charge in [0, 0.05) is 0 Å². The van der Waals surface area contributed by atoms with Gasteiger partial charge in [0.2, 0.25) is 0 Å². The van der Waals surface area contributed by atoms with Crippen molar-refractivity contribution < 1.29 is 15.3 Å². The third-order valence-corrected chi connectivity index (χ3v) is 3.22. The molecule has 0 aromatic carbocycles. The Balaban J connectivity index is 4.05. The third-order valence-electron chi connectivity index (χ3n) is 3.22. The summed E-state index contributed by atoms with van der Waals surface area (Å²) in [6, 6.07) is 0. The molecular formula is C12H27NO3. The van der Waals surface area contributed by atoms with Crippen molar-refractivity contribution in [3.05, 3.63) is 0 Å². The van der Waals surface area contributed by atoms with Gasteiger partial charge < -0.3 is 20.6 Å². The number of hydrogen-bond donors (Lipinski definition) is 4. The summed E-state index contributed by atoms with van der Waals surface area (Å²) >= 11 is 0. The van der Waals surface area contributed by atoms with Crippen LogP contribution in [0.15, 0.2) is 0 Å². The van der Waals surface area contributed by atoms with Gasteiger partial charge in [0.1, 0.15) is 0 Å². The van der Waals surface area contributed by atoms with E-state index in [4.69, 9.17) is 15.3 Å². The van der Waals surface area contributed by atoms with Gasteiger partial charge in [0.05, 0.1) is 25.4 Å².